The fourth-order valence-corrected chi connectivity index (χ4v) is 2.73. The van der Waals surface area contributed by atoms with Crippen molar-refractivity contribution in [2.45, 2.75) is 45.6 Å². The lowest BCUT2D eigenvalue weighted by Crippen LogP contribution is -2.14. The first kappa shape index (κ1) is 14.8. The zero-order valence-electron chi connectivity index (χ0n) is 11.7. The van der Waals surface area contributed by atoms with Crippen molar-refractivity contribution in [1.82, 2.24) is 0 Å². The number of hydrogen-bond donors (Lipinski definition) is 1. The highest BCUT2D eigenvalue weighted by Gasteiger charge is 2.32. The number of halogens is 2. The first-order valence-corrected chi connectivity index (χ1v) is 6.90. The van der Waals surface area contributed by atoms with Gasteiger partial charge >= 0.3 is 6.61 Å². The van der Waals surface area contributed by atoms with E-state index in [-0.39, 0.29) is 17.6 Å². The summed E-state index contributed by atoms with van der Waals surface area (Å²) >= 11 is 0. The van der Waals surface area contributed by atoms with Gasteiger partial charge in [-0.15, -0.1) is 0 Å². The second-order valence-corrected chi connectivity index (χ2v) is 5.30. The van der Waals surface area contributed by atoms with Crippen molar-refractivity contribution in [3.8, 4) is 5.75 Å². The second-order valence-electron chi connectivity index (χ2n) is 5.30. The van der Waals surface area contributed by atoms with E-state index in [4.69, 9.17) is 0 Å². The topological polar surface area (TPSA) is 38.3 Å². The molecule has 3 nitrogen and oxygen atoms in total. The van der Waals surface area contributed by atoms with Gasteiger partial charge in [-0.3, -0.25) is 4.79 Å². The molecule has 1 aromatic rings. The van der Waals surface area contributed by atoms with Gasteiger partial charge in [0.15, 0.2) is 0 Å². The van der Waals surface area contributed by atoms with Crippen LogP contribution >= 0.6 is 0 Å². The molecule has 0 bridgehead atoms. The SMILES string of the molecule is CCCC(C)CC1C(=O)Nc2ccc(OC(F)F)cc21. The van der Waals surface area contributed by atoms with Crippen molar-refractivity contribution < 1.29 is 18.3 Å². The number of alkyl halides is 2. The molecular weight excluding hydrogens is 264 g/mol. The number of rotatable bonds is 6. The molecule has 0 aromatic heterocycles. The van der Waals surface area contributed by atoms with Gasteiger partial charge in [0.25, 0.3) is 0 Å². The van der Waals surface area contributed by atoms with Gasteiger partial charge in [-0.2, -0.15) is 8.78 Å². The predicted molar refractivity (Wildman–Crippen MR) is 73.1 cm³/mol. The number of benzene rings is 1. The predicted octanol–water partition coefficient (Wildman–Crippen LogP) is 4.15. The monoisotopic (exact) mass is 283 g/mol. The molecule has 1 aliphatic heterocycles. The number of fused-ring (bicyclic) bond motifs is 1. The van der Waals surface area contributed by atoms with Crippen LogP contribution in [0.2, 0.25) is 0 Å². The Labute approximate surface area is 117 Å². The summed E-state index contributed by atoms with van der Waals surface area (Å²) in [6.45, 7) is 1.36. The van der Waals surface area contributed by atoms with Crippen molar-refractivity contribution >= 4 is 11.6 Å². The van der Waals surface area contributed by atoms with Crippen molar-refractivity contribution in [2.75, 3.05) is 5.32 Å². The van der Waals surface area contributed by atoms with E-state index in [1.165, 1.54) is 6.07 Å². The summed E-state index contributed by atoms with van der Waals surface area (Å²) in [6.07, 6.45) is 2.84. The molecule has 0 fully saturated rings. The smallest absolute Gasteiger partial charge is 0.387 e. The Hall–Kier alpha value is -1.65. The van der Waals surface area contributed by atoms with Crippen LogP contribution in [0, 0.1) is 5.92 Å². The molecule has 2 atom stereocenters. The molecule has 0 radical (unpaired) electrons. The maximum absolute atomic E-state index is 12.3. The maximum Gasteiger partial charge on any atom is 0.387 e. The first-order valence-electron chi connectivity index (χ1n) is 6.90. The highest BCUT2D eigenvalue weighted by molar-refractivity contribution is 6.03. The van der Waals surface area contributed by atoms with Crippen LogP contribution < -0.4 is 10.1 Å². The number of ether oxygens (including phenoxy) is 1. The minimum atomic E-state index is -2.85. The average Bonchev–Trinajstić information content (AvgIpc) is 2.66. The fraction of sp³-hybridized carbons (Fsp3) is 0.533. The van der Waals surface area contributed by atoms with Gasteiger partial charge < -0.3 is 10.1 Å². The Morgan fingerprint density at radius 2 is 2.15 bits per heavy atom. The van der Waals surface area contributed by atoms with Crippen LogP contribution in [0.5, 0.6) is 5.75 Å². The van der Waals surface area contributed by atoms with E-state index < -0.39 is 6.61 Å². The number of amides is 1. The number of hydrogen-bond acceptors (Lipinski definition) is 2. The Kier molecular flexibility index (Phi) is 4.57. The van der Waals surface area contributed by atoms with Crippen LogP contribution in [0.25, 0.3) is 0 Å². The number of nitrogens with one attached hydrogen (secondary N) is 1. The Bertz CT molecular complexity index is 491. The van der Waals surface area contributed by atoms with E-state index in [2.05, 4.69) is 23.9 Å². The van der Waals surface area contributed by atoms with E-state index in [0.29, 0.717) is 11.6 Å². The van der Waals surface area contributed by atoms with Crippen LogP contribution in [0.3, 0.4) is 0 Å². The van der Waals surface area contributed by atoms with Crippen molar-refractivity contribution in [2.24, 2.45) is 5.92 Å². The van der Waals surface area contributed by atoms with Crippen molar-refractivity contribution in [3.63, 3.8) is 0 Å². The second kappa shape index (κ2) is 6.20. The minimum absolute atomic E-state index is 0.0582. The zero-order chi connectivity index (χ0) is 14.7. The molecule has 20 heavy (non-hydrogen) atoms. The third kappa shape index (κ3) is 3.26. The van der Waals surface area contributed by atoms with Gasteiger partial charge in [0.1, 0.15) is 5.75 Å². The summed E-state index contributed by atoms with van der Waals surface area (Å²) in [5.41, 5.74) is 1.46. The Morgan fingerprint density at radius 1 is 1.40 bits per heavy atom. The van der Waals surface area contributed by atoms with Crippen LogP contribution in [0.4, 0.5) is 14.5 Å². The highest BCUT2D eigenvalue weighted by atomic mass is 19.3. The molecule has 2 rings (SSSR count). The lowest BCUT2D eigenvalue weighted by atomic mass is 9.88. The quantitative estimate of drug-likeness (QED) is 0.851. The van der Waals surface area contributed by atoms with Crippen molar-refractivity contribution in [1.29, 1.82) is 0 Å². The largest absolute Gasteiger partial charge is 0.435 e. The lowest BCUT2D eigenvalue weighted by Gasteiger charge is -2.15. The van der Waals surface area contributed by atoms with Gasteiger partial charge in [0.05, 0.1) is 5.92 Å². The van der Waals surface area contributed by atoms with Gasteiger partial charge in [-0.05, 0) is 36.1 Å². The van der Waals surface area contributed by atoms with Gasteiger partial charge in [0.2, 0.25) is 5.91 Å². The molecule has 0 saturated carbocycles. The van der Waals surface area contributed by atoms with E-state index in [9.17, 15) is 13.6 Å². The first-order chi connectivity index (χ1) is 9.51. The summed E-state index contributed by atoms with van der Waals surface area (Å²) < 4.78 is 28.9. The van der Waals surface area contributed by atoms with Crippen LogP contribution in [0.15, 0.2) is 18.2 Å². The minimum Gasteiger partial charge on any atom is -0.435 e. The average molecular weight is 283 g/mol. The zero-order valence-corrected chi connectivity index (χ0v) is 11.7. The molecule has 2 unspecified atom stereocenters. The third-order valence-electron chi connectivity index (χ3n) is 3.62. The molecule has 0 aliphatic carbocycles. The summed E-state index contributed by atoms with van der Waals surface area (Å²) in [4.78, 5) is 12.0. The van der Waals surface area contributed by atoms with Crippen LogP contribution in [-0.2, 0) is 4.79 Å². The fourth-order valence-electron chi connectivity index (χ4n) is 2.73. The lowest BCUT2D eigenvalue weighted by molar-refractivity contribution is -0.117. The third-order valence-corrected chi connectivity index (χ3v) is 3.62. The molecule has 1 N–H and O–H groups in total. The Balaban J connectivity index is 2.18. The molecule has 1 aliphatic rings. The van der Waals surface area contributed by atoms with E-state index in [1.807, 2.05) is 0 Å². The van der Waals surface area contributed by atoms with Crippen LogP contribution in [-0.4, -0.2) is 12.5 Å². The molecule has 1 heterocycles. The molecule has 110 valence electrons. The summed E-state index contributed by atoms with van der Waals surface area (Å²) in [5.74, 6) is 0.190. The number of carbonyl (C=O) groups excluding carboxylic acids is 1. The molecule has 0 saturated heterocycles. The summed E-state index contributed by atoms with van der Waals surface area (Å²) in [5, 5.41) is 2.79. The maximum atomic E-state index is 12.3. The standard InChI is InChI=1S/C15H19F2NO2/c1-3-4-9(2)7-12-11-8-10(20-15(16)17)5-6-13(11)18-14(12)19/h5-6,8-9,12,15H,3-4,7H2,1-2H3,(H,18,19). The summed E-state index contributed by atoms with van der Waals surface area (Å²) in [6, 6.07) is 4.61. The molecule has 0 spiro atoms. The van der Waals surface area contributed by atoms with Crippen LogP contribution in [0.1, 0.15) is 44.6 Å². The van der Waals surface area contributed by atoms with E-state index in [0.717, 1.165) is 24.8 Å². The molecule has 5 heteroatoms. The number of carbonyl (C=O) groups is 1. The van der Waals surface area contributed by atoms with Gasteiger partial charge in [-0.1, -0.05) is 26.7 Å². The molecular formula is C15H19F2NO2. The molecule has 1 amide bonds. The van der Waals surface area contributed by atoms with Gasteiger partial charge in [-0.25, -0.2) is 0 Å². The van der Waals surface area contributed by atoms with E-state index >= 15 is 0 Å². The van der Waals surface area contributed by atoms with Gasteiger partial charge in [0, 0.05) is 5.69 Å². The molecule has 1 aromatic carbocycles. The van der Waals surface area contributed by atoms with E-state index in [1.54, 1.807) is 12.1 Å². The van der Waals surface area contributed by atoms with Crippen molar-refractivity contribution in [3.05, 3.63) is 23.8 Å². The Morgan fingerprint density at radius 3 is 2.80 bits per heavy atom. The summed E-state index contributed by atoms with van der Waals surface area (Å²) in [7, 11) is 0. The highest BCUT2D eigenvalue weighted by Crippen LogP contribution is 2.39. The number of anilines is 1. The normalized spacial score (nSPS) is 18.9.